The predicted octanol–water partition coefficient (Wildman–Crippen LogP) is 1.89. The molecule has 1 aromatic carbocycles. The van der Waals surface area contributed by atoms with Gasteiger partial charge in [-0.2, -0.15) is 5.26 Å². The van der Waals surface area contributed by atoms with Crippen LogP contribution in [0.4, 0.5) is 11.4 Å². The number of nitro groups is 1. The standard InChI is InChI=1S/C14H18N4O2/c1-10-4-5-17(9-12(10)8-16)13-3-2-11(7-15)6-14(13)18(19)20/h2-3,6,10,12H,4-5,8-9,16H2,1H3. The van der Waals surface area contributed by atoms with Crippen LogP contribution < -0.4 is 10.6 Å². The van der Waals surface area contributed by atoms with E-state index in [1.54, 1.807) is 12.1 Å². The molecule has 1 saturated heterocycles. The molecule has 0 radical (unpaired) electrons. The van der Waals surface area contributed by atoms with Crippen molar-refractivity contribution in [2.75, 3.05) is 24.5 Å². The maximum absolute atomic E-state index is 11.2. The van der Waals surface area contributed by atoms with Crippen molar-refractivity contribution >= 4 is 11.4 Å². The first kappa shape index (κ1) is 14.3. The van der Waals surface area contributed by atoms with Gasteiger partial charge in [0.05, 0.1) is 16.6 Å². The molecule has 2 N–H and O–H groups in total. The number of nitriles is 1. The van der Waals surface area contributed by atoms with Crippen molar-refractivity contribution in [2.45, 2.75) is 13.3 Å². The lowest BCUT2D eigenvalue weighted by molar-refractivity contribution is -0.384. The molecule has 0 spiro atoms. The first-order valence-corrected chi connectivity index (χ1v) is 6.70. The molecule has 1 aromatic rings. The van der Waals surface area contributed by atoms with Gasteiger partial charge in [-0.3, -0.25) is 10.1 Å². The van der Waals surface area contributed by atoms with Crippen LogP contribution in [0, 0.1) is 33.3 Å². The molecule has 0 saturated carbocycles. The minimum Gasteiger partial charge on any atom is -0.366 e. The number of nitrogens with zero attached hydrogens (tertiary/aromatic N) is 3. The van der Waals surface area contributed by atoms with Crippen LogP contribution in [-0.2, 0) is 0 Å². The molecule has 2 unspecified atom stereocenters. The number of piperidine rings is 1. The van der Waals surface area contributed by atoms with E-state index in [0.29, 0.717) is 29.6 Å². The summed E-state index contributed by atoms with van der Waals surface area (Å²) in [7, 11) is 0. The highest BCUT2D eigenvalue weighted by Gasteiger charge is 2.29. The zero-order valence-corrected chi connectivity index (χ0v) is 11.5. The zero-order chi connectivity index (χ0) is 14.7. The van der Waals surface area contributed by atoms with Gasteiger partial charge in [0.25, 0.3) is 5.69 Å². The van der Waals surface area contributed by atoms with Gasteiger partial charge in [-0.25, -0.2) is 0 Å². The minimum atomic E-state index is -0.425. The van der Waals surface area contributed by atoms with Crippen LogP contribution in [0.25, 0.3) is 0 Å². The van der Waals surface area contributed by atoms with Crippen molar-refractivity contribution in [3.05, 3.63) is 33.9 Å². The average Bonchev–Trinajstić information content (AvgIpc) is 2.47. The maximum Gasteiger partial charge on any atom is 0.293 e. The predicted molar refractivity (Wildman–Crippen MR) is 76.3 cm³/mol. The third kappa shape index (κ3) is 2.73. The Balaban J connectivity index is 2.33. The lowest BCUT2D eigenvalue weighted by Crippen LogP contribution is -2.42. The summed E-state index contributed by atoms with van der Waals surface area (Å²) >= 11 is 0. The van der Waals surface area contributed by atoms with Crippen LogP contribution in [0.5, 0.6) is 0 Å². The second-order valence-electron chi connectivity index (χ2n) is 5.28. The van der Waals surface area contributed by atoms with Crippen LogP contribution in [0.1, 0.15) is 18.9 Å². The van der Waals surface area contributed by atoms with Gasteiger partial charge in [-0.1, -0.05) is 6.92 Å². The Kier molecular flexibility index (Phi) is 4.20. The highest BCUT2D eigenvalue weighted by atomic mass is 16.6. The number of benzene rings is 1. The molecule has 1 aliphatic rings. The van der Waals surface area contributed by atoms with Crippen molar-refractivity contribution in [2.24, 2.45) is 17.6 Å². The van der Waals surface area contributed by atoms with Crippen molar-refractivity contribution in [1.29, 1.82) is 5.26 Å². The van der Waals surface area contributed by atoms with Crippen LogP contribution in [0.15, 0.2) is 18.2 Å². The van der Waals surface area contributed by atoms with Crippen LogP contribution in [-0.4, -0.2) is 24.6 Å². The average molecular weight is 274 g/mol. The lowest BCUT2D eigenvalue weighted by Gasteiger charge is -2.37. The topological polar surface area (TPSA) is 96.2 Å². The number of hydrogen-bond acceptors (Lipinski definition) is 5. The molecule has 0 aliphatic carbocycles. The second kappa shape index (κ2) is 5.88. The van der Waals surface area contributed by atoms with Gasteiger partial charge >= 0.3 is 0 Å². The summed E-state index contributed by atoms with van der Waals surface area (Å²) < 4.78 is 0. The van der Waals surface area contributed by atoms with E-state index >= 15 is 0 Å². The molecule has 0 aromatic heterocycles. The van der Waals surface area contributed by atoms with Gasteiger partial charge in [0.15, 0.2) is 0 Å². The molecule has 0 amide bonds. The molecular formula is C14H18N4O2. The molecule has 1 aliphatic heterocycles. The molecule has 20 heavy (non-hydrogen) atoms. The fraction of sp³-hybridized carbons (Fsp3) is 0.500. The summed E-state index contributed by atoms with van der Waals surface area (Å²) in [5, 5.41) is 20.0. The van der Waals surface area contributed by atoms with Gasteiger partial charge in [-0.15, -0.1) is 0 Å². The van der Waals surface area contributed by atoms with Crippen molar-refractivity contribution in [1.82, 2.24) is 0 Å². The molecule has 6 nitrogen and oxygen atoms in total. The molecule has 1 fully saturated rings. The molecule has 2 atom stereocenters. The summed E-state index contributed by atoms with van der Waals surface area (Å²) in [5.41, 5.74) is 6.66. The highest BCUT2D eigenvalue weighted by Crippen LogP contribution is 2.33. The van der Waals surface area contributed by atoms with Gasteiger partial charge in [0.1, 0.15) is 5.69 Å². The summed E-state index contributed by atoms with van der Waals surface area (Å²) in [4.78, 5) is 12.8. The Morgan fingerprint density at radius 1 is 1.60 bits per heavy atom. The zero-order valence-electron chi connectivity index (χ0n) is 11.5. The van der Waals surface area contributed by atoms with E-state index in [1.807, 2.05) is 11.0 Å². The summed E-state index contributed by atoms with van der Waals surface area (Å²) in [6.45, 7) is 4.26. The largest absolute Gasteiger partial charge is 0.366 e. The minimum absolute atomic E-state index is 0.00521. The van der Waals surface area contributed by atoms with Crippen LogP contribution in [0.2, 0.25) is 0 Å². The monoisotopic (exact) mass is 274 g/mol. The van der Waals surface area contributed by atoms with Gasteiger partial charge < -0.3 is 10.6 Å². The quantitative estimate of drug-likeness (QED) is 0.670. The Morgan fingerprint density at radius 3 is 2.95 bits per heavy atom. The van der Waals surface area contributed by atoms with E-state index in [9.17, 15) is 10.1 Å². The number of nitro benzene ring substituents is 1. The van der Waals surface area contributed by atoms with E-state index in [0.717, 1.165) is 19.5 Å². The Bertz CT molecular complexity index is 553. The normalized spacial score (nSPS) is 22.4. The summed E-state index contributed by atoms with van der Waals surface area (Å²) in [5.74, 6) is 0.882. The Morgan fingerprint density at radius 2 is 2.35 bits per heavy atom. The van der Waals surface area contributed by atoms with Gasteiger partial charge in [-0.05, 0) is 36.9 Å². The van der Waals surface area contributed by atoms with Crippen molar-refractivity contribution < 1.29 is 4.92 Å². The third-order valence-corrected chi connectivity index (χ3v) is 4.06. The van der Waals surface area contributed by atoms with E-state index in [-0.39, 0.29) is 5.69 Å². The highest BCUT2D eigenvalue weighted by molar-refractivity contribution is 5.65. The third-order valence-electron chi connectivity index (χ3n) is 4.06. The summed E-state index contributed by atoms with van der Waals surface area (Å²) in [6.07, 6.45) is 0.971. The van der Waals surface area contributed by atoms with E-state index < -0.39 is 4.92 Å². The molecule has 0 bridgehead atoms. The van der Waals surface area contributed by atoms with E-state index in [1.165, 1.54) is 6.07 Å². The van der Waals surface area contributed by atoms with E-state index in [2.05, 4.69) is 6.92 Å². The smallest absolute Gasteiger partial charge is 0.293 e. The lowest BCUT2D eigenvalue weighted by atomic mass is 9.87. The molecular weight excluding hydrogens is 256 g/mol. The molecule has 1 heterocycles. The maximum atomic E-state index is 11.2. The van der Waals surface area contributed by atoms with Gasteiger partial charge in [0, 0.05) is 19.2 Å². The molecule has 2 rings (SSSR count). The fourth-order valence-electron chi connectivity index (χ4n) is 2.68. The number of anilines is 1. The number of rotatable bonds is 3. The SMILES string of the molecule is CC1CCN(c2ccc(C#N)cc2[N+](=O)[O-])CC1CN. The summed E-state index contributed by atoms with van der Waals surface area (Å²) in [6, 6.07) is 6.56. The van der Waals surface area contributed by atoms with E-state index in [4.69, 9.17) is 11.0 Å². The number of nitrogens with two attached hydrogens (primary N) is 1. The Hall–Kier alpha value is -2.13. The van der Waals surface area contributed by atoms with Crippen molar-refractivity contribution in [3.8, 4) is 6.07 Å². The van der Waals surface area contributed by atoms with Crippen LogP contribution >= 0.6 is 0 Å². The number of hydrogen-bond donors (Lipinski definition) is 1. The van der Waals surface area contributed by atoms with Gasteiger partial charge in [0.2, 0.25) is 0 Å². The molecule has 106 valence electrons. The first-order valence-electron chi connectivity index (χ1n) is 6.70. The molecule has 6 heteroatoms. The fourth-order valence-corrected chi connectivity index (χ4v) is 2.68. The van der Waals surface area contributed by atoms with Crippen LogP contribution in [0.3, 0.4) is 0 Å². The second-order valence-corrected chi connectivity index (χ2v) is 5.28. The van der Waals surface area contributed by atoms with Crippen molar-refractivity contribution in [3.63, 3.8) is 0 Å². The Labute approximate surface area is 117 Å². The first-order chi connectivity index (χ1) is 9.56.